The second-order valence-corrected chi connectivity index (χ2v) is 7.86. The van der Waals surface area contributed by atoms with E-state index in [-0.39, 0.29) is 17.7 Å². The number of carbonyl (C=O) groups excluding carboxylic acids is 2. The molecule has 3 rings (SSSR count). The third-order valence-corrected chi connectivity index (χ3v) is 5.80. The van der Waals surface area contributed by atoms with Crippen LogP contribution in [0.4, 0.5) is 5.69 Å². The highest BCUT2D eigenvalue weighted by Crippen LogP contribution is 2.27. The summed E-state index contributed by atoms with van der Waals surface area (Å²) in [6.45, 7) is 0.581. The van der Waals surface area contributed by atoms with Crippen molar-refractivity contribution in [3.05, 3.63) is 65.2 Å². The molecule has 2 amide bonds. The number of nitriles is 1. The molecule has 1 atom stereocenters. The lowest BCUT2D eigenvalue weighted by Crippen LogP contribution is -2.32. The molecule has 2 aromatic carbocycles. The largest absolute Gasteiger partial charge is 0.355 e. The minimum Gasteiger partial charge on any atom is -0.355 e. The van der Waals surface area contributed by atoms with Crippen molar-refractivity contribution in [2.45, 2.75) is 25.0 Å². The topological polar surface area (TPSA) is 82.0 Å². The summed E-state index contributed by atoms with van der Waals surface area (Å²) in [5, 5.41) is 14.9. The van der Waals surface area contributed by atoms with Crippen molar-refractivity contribution in [2.75, 3.05) is 17.6 Å². The van der Waals surface area contributed by atoms with Crippen molar-refractivity contribution < 1.29 is 9.59 Å². The summed E-state index contributed by atoms with van der Waals surface area (Å²) in [4.78, 5) is 24.3. The highest BCUT2D eigenvalue weighted by molar-refractivity contribution is 7.98. The molecule has 2 N–H and O–H groups in total. The van der Waals surface area contributed by atoms with Gasteiger partial charge in [-0.3, -0.25) is 9.59 Å². The maximum absolute atomic E-state index is 12.2. The Balaban J connectivity index is 1.34. The molecule has 2 aromatic rings. The van der Waals surface area contributed by atoms with Crippen molar-refractivity contribution in [2.24, 2.45) is 5.92 Å². The molecule has 6 heteroatoms. The zero-order valence-corrected chi connectivity index (χ0v) is 16.4. The second-order valence-electron chi connectivity index (χ2n) is 6.76. The molecule has 1 unspecified atom stereocenters. The lowest BCUT2D eigenvalue weighted by atomic mass is 9.89. The van der Waals surface area contributed by atoms with E-state index in [4.69, 9.17) is 5.26 Å². The summed E-state index contributed by atoms with van der Waals surface area (Å²) in [7, 11) is 0. The SMILES string of the molecule is N#Cc1ccccc1CSCCNC(=O)CCC1Cc2ccccc2NC1=O. The molecule has 144 valence electrons. The van der Waals surface area contributed by atoms with E-state index >= 15 is 0 Å². The Morgan fingerprint density at radius 3 is 2.86 bits per heavy atom. The Labute approximate surface area is 169 Å². The average Bonchev–Trinajstić information content (AvgIpc) is 2.72. The molecule has 28 heavy (non-hydrogen) atoms. The smallest absolute Gasteiger partial charge is 0.227 e. The van der Waals surface area contributed by atoms with Gasteiger partial charge in [0.2, 0.25) is 11.8 Å². The van der Waals surface area contributed by atoms with Crippen molar-refractivity contribution in [1.82, 2.24) is 5.32 Å². The molecule has 1 heterocycles. The molecular formula is C22H23N3O2S. The molecule has 0 radical (unpaired) electrons. The third-order valence-electron chi connectivity index (χ3n) is 4.80. The number of fused-ring (bicyclic) bond motifs is 1. The van der Waals surface area contributed by atoms with Crippen molar-refractivity contribution in [3.8, 4) is 6.07 Å². The van der Waals surface area contributed by atoms with Crippen LogP contribution in [-0.2, 0) is 21.8 Å². The predicted octanol–water partition coefficient (Wildman–Crippen LogP) is 3.50. The van der Waals surface area contributed by atoms with Gasteiger partial charge in [-0.2, -0.15) is 17.0 Å². The Hall–Kier alpha value is -2.78. The van der Waals surface area contributed by atoms with Gasteiger partial charge >= 0.3 is 0 Å². The molecule has 5 nitrogen and oxygen atoms in total. The van der Waals surface area contributed by atoms with Gasteiger partial charge < -0.3 is 10.6 Å². The van der Waals surface area contributed by atoms with Gasteiger partial charge in [-0.25, -0.2) is 0 Å². The van der Waals surface area contributed by atoms with E-state index in [0.29, 0.717) is 31.4 Å². The monoisotopic (exact) mass is 393 g/mol. The number of carbonyl (C=O) groups is 2. The minimum absolute atomic E-state index is 0.00165. The first-order valence-electron chi connectivity index (χ1n) is 9.38. The number of anilines is 1. The number of benzene rings is 2. The summed E-state index contributed by atoms with van der Waals surface area (Å²) in [5.41, 5.74) is 3.72. The number of thioether (sulfide) groups is 1. The summed E-state index contributed by atoms with van der Waals surface area (Å²) >= 11 is 1.69. The molecule has 0 bridgehead atoms. The van der Waals surface area contributed by atoms with Crippen LogP contribution in [-0.4, -0.2) is 24.1 Å². The third kappa shape index (κ3) is 5.37. The first-order chi connectivity index (χ1) is 13.7. The van der Waals surface area contributed by atoms with E-state index in [1.54, 1.807) is 11.8 Å². The average molecular weight is 394 g/mol. The minimum atomic E-state index is -0.155. The molecule has 0 aromatic heterocycles. The second kappa shape index (κ2) is 9.95. The van der Waals surface area contributed by atoms with Gasteiger partial charge in [-0.05, 0) is 36.1 Å². The van der Waals surface area contributed by atoms with Crippen molar-refractivity contribution in [1.29, 1.82) is 5.26 Å². The van der Waals surface area contributed by atoms with Crippen LogP contribution in [0.5, 0.6) is 0 Å². The lowest BCUT2D eigenvalue weighted by molar-refractivity contribution is -0.122. The molecule has 0 aliphatic carbocycles. The summed E-state index contributed by atoms with van der Waals surface area (Å²) < 4.78 is 0. The summed E-state index contributed by atoms with van der Waals surface area (Å²) in [6, 6.07) is 17.6. The molecule has 0 spiro atoms. The van der Waals surface area contributed by atoms with Crippen LogP contribution in [0.2, 0.25) is 0 Å². The number of nitrogens with one attached hydrogen (secondary N) is 2. The Morgan fingerprint density at radius 1 is 1.21 bits per heavy atom. The zero-order chi connectivity index (χ0) is 19.8. The van der Waals surface area contributed by atoms with Gasteiger partial charge in [-0.15, -0.1) is 0 Å². The van der Waals surface area contributed by atoms with Crippen LogP contribution in [0.25, 0.3) is 0 Å². The molecule has 1 aliphatic rings. The van der Waals surface area contributed by atoms with Gasteiger partial charge in [0, 0.05) is 36.1 Å². The number of para-hydroxylation sites is 1. The normalized spacial score (nSPS) is 15.2. The Kier molecular flexibility index (Phi) is 7.10. The molecule has 0 saturated heterocycles. The fraction of sp³-hybridized carbons (Fsp3) is 0.318. The standard InChI is InChI=1S/C22H23N3O2S/c23-14-18-6-1-2-7-19(18)15-28-12-11-24-21(26)10-9-17-13-16-5-3-4-8-20(16)25-22(17)27/h1-8,17H,9-13,15H2,(H,24,26)(H,25,27). The number of hydrogen-bond acceptors (Lipinski definition) is 4. The molecule has 1 aliphatic heterocycles. The number of amides is 2. The first kappa shape index (κ1) is 20.0. The van der Waals surface area contributed by atoms with Gasteiger partial charge in [0.05, 0.1) is 11.6 Å². The van der Waals surface area contributed by atoms with E-state index in [2.05, 4.69) is 16.7 Å². The fourth-order valence-corrected chi connectivity index (χ4v) is 4.10. The highest BCUT2D eigenvalue weighted by Gasteiger charge is 2.26. The molecular weight excluding hydrogens is 370 g/mol. The van der Waals surface area contributed by atoms with Crippen LogP contribution >= 0.6 is 11.8 Å². The van der Waals surface area contributed by atoms with Gasteiger partial charge in [0.1, 0.15) is 0 Å². The summed E-state index contributed by atoms with van der Waals surface area (Å²) in [6.07, 6.45) is 1.58. The number of hydrogen-bond donors (Lipinski definition) is 2. The number of rotatable bonds is 8. The van der Waals surface area contributed by atoms with E-state index in [0.717, 1.165) is 28.3 Å². The predicted molar refractivity (Wildman–Crippen MR) is 112 cm³/mol. The van der Waals surface area contributed by atoms with Gasteiger partial charge in [0.25, 0.3) is 0 Å². The van der Waals surface area contributed by atoms with Crippen molar-refractivity contribution in [3.63, 3.8) is 0 Å². The fourth-order valence-electron chi connectivity index (χ4n) is 3.24. The number of nitrogens with zero attached hydrogens (tertiary/aromatic N) is 1. The van der Waals surface area contributed by atoms with Crippen LogP contribution in [0, 0.1) is 17.2 Å². The molecule has 0 fully saturated rings. The van der Waals surface area contributed by atoms with Crippen LogP contribution in [0.3, 0.4) is 0 Å². The van der Waals surface area contributed by atoms with Crippen molar-refractivity contribution >= 4 is 29.3 Å². The quantitative estimate of drug-likeness (QED) is 0.673. The Morgan fingerprint density at radius 2 is 2.00 bits per heavy atom. The van der Waals surface area contributed by atoms with E-state index < -0.39 is 0 Å². The van der Waals surface area contributed by atoms with Crippen LogP contribution in [0.1, 0.15) is 29.5 Å². The maximum Gasteiger partial charge on any atom is 0.227 e. The van der Waals surface area contributed by atoms with Gasteiger partial charge in [-0.1, -0.05) is 36.4 Å². The van der Waals surface area contributed by atoms with Crippen LogP contribution < -0.4 is 10.6 Å². The van der Waals surface area contributed by atoms with E-state index in [1.807, 2.05) is 48.5 Å². The highest BCUT2D eigenvalue weighted by atomic mass is 32.2. The van der Waals surface area contributed by atoms with E-state index in [9.17, 15) is 9.59 Å². The summed E-state index contributed by atoms with van der Waals surface area (Å²) in [5.74, 6) is 1.35. The van der Waals surface area contributed by atoms with Crippen LogP contribution in [0.15, 0.2) is 48.5 Å². The van der Waals surface area contributed by atoms with E-state index in [1.165, 1.54) is 0 Å². The Bertz CT molecular complexity index is 891. The zero-order valence-electron chi connectivity index (χ0n) is 15.6. The first-order valence-corrected chi connectivity index (χ1v) is 10.5. The lowest BCUT2D eigenvalue weighted by Gasteiger charge is -2.24. The maximum atomic E-state index is 12.2. The van der Waals surface area contributed by atoms with Gasteiger partial charge in [0.15, 0.2) is 0 Å². The molecule has 0 saturated carbocycles.